The molecule has 2 aromatic carbocycles. The first-order valence-corrected chi connectivity index (χ1v) is 7.98. The zero-order valence-corrected chi connectivity index (χ0v) is 13.6. The van der Waals surface area contributed by atoms with Crippen molar-refractivity contribution in [1.82, 2.24) is 4.90 Å². The van der Waals surface area contributed by atoms with E-state index in [4.69, 9.17) is 16.3 Å². The number of benzene rings is 2. The van der Waals surface area contributed by atoms with Gasteiger partial charge >= 0.3 is 0 Å². The summed E-state index contributed by atoms with van der Waals surface area (Å²) in [5, 5.41) is 0.793. The quantitative estimate of drug-likeness (QED) is 0.856. The fraction of sp³-hybridized carbons (Fsp3) is 0.333. The highest BCUT2D eigenvalue weighted by molar-refractivity contribution is 6.30. The zero-order chi connectivity index (χ0) is 15.4. The molecule has 4 heteroatoms. The summed E-state index contributed by atoms with van der Waals surface area (Å²) in [5.41, 5.74) is 2.59. The Labute approximate surface area is 137 Å². The number of hydrogen-bond acceptors (Lipinski definition) is 3. The number of hydrogen-bond donors (Lipinski definition) is 0. The fourth-order valence-electron chi connectivity index (χ4n) is 2.81. The topological polar surface area (TPSA) is 15.7 Å². The molecular formula is C18H21ClN2O. The molecule has 1 fully saturated rings. The van der Waals surface area contributed by atoms with Gasteiger partial charge in [0.1, 0.15) is 5.75 Å². The van der Waals surface area contributed by atoms with Gasteiger partial charge in [0, 0.05) is 43.4 Å². The molecule has 1 heterocycles. The summed E-state index contributed by atoms with van der Waals surface area (Å²) in [5.74, 6) is 0.913. The van der Waals surface area contributed by atoms with Gasteiger partial charge < -0.3 is 9.64 Å². The molecule has 0 radical (unpaired) electrons. The minimum atomic E-state index is 0.793. The minimum Gasteiger partial charge on any atom is -0.497 e. The van der Waals surface area contributed by atoms with Crippen molar-refractivity contribution in [3.05, 3.63) is 59.1 Å². The predicted octanol–water partition coefficient (Wildman–Crippen LogP) is 3.67. The van der Waals surface area contributed by atoms with Crippen LogP contribution in [0.4, 0.5) is 5.69 Å². The van der Waals surface area contributed by atoms with E-state index in [0.29, 0.717) is 0 Å². The Morgan fingerprint density at radius 1 is 0.909 bits per heavy atom. The fourth-order valence-corrected chi connectivity index (χ4v) is 2.93. The van der Waals surface area contributed by atoms with E-state index in [2.05, 4.69) is 34.1 Å². The number of piperazine rings is 1. The maximum absolute atomic E-state index is 5.95. The first kappa shape index (κ1) is 15.2. The largest absolute Gasteiger partial charge is 0.497 e. The first-order chi connectivity index (χ1) is 10.7. The second-order valence-corrected chi connectivity index (χ2v) is 6.02. The third kappa shape index (κ3) is 3.73. The van der Waals surface area contributed by atoms with Gasteiger partial charge in [0.05, 0.1) is 7.11 Å². The number of rotatable bonds is 4. The summed E-state index contributed by atoms with van der Waals surface area (Å²) >= 11 is 5.95. The van der Waals surface area contributed by atoms with E-state index < -0.39 is 0 Å². The Morgan fingerprint density at radius 2 is 1.55 bits per heavy atom. The van der Waals surface area contributed by atoms with Gasteiger partial charge in [-0.1, -0.05) is 23.7 Å². The second kappa shape index (κ2) is 7.03. The molecule has 3 nitrogen and oxygen atoms in total. The Balaban J connectivity index is 1.53. The Bertz CT molecular complexity index is 589. The lowest BCUT2D eigenvalue weighted by Crippen LogP contribution is -2.45. The van der Waals surface area contributed by atoms with Crippen LogP contribution >= 0.6 is 11.6 Å². The van der Waals surface area contributed by atoms with Crippen LogP contribution in [0.1, 0.15) is 5.56 Å². The predicted molar refractivity (Wildman–Crippen MR) is 91.9 cm³/mol. The van der Waals surface area contributed by atoms with Crippen LogP contribution in [-0.2, 0) is 6.54 Å². The van der Waals surface area contributed by atoms with Gasteiger partial charge in [-0.2, -0.15) is 0 Å². The van der Waals surface area contributed by atoms with E-state index in [1.165, 1.54) is 11.3 Å². The van der Waals surface area contributed by atoms with Crippen LogP contribution in [0.25, 0.3) is 0 Å². The van der Waals surface area contributed by atoms with Crippen LogP contribution in [0.2, 0.25) is 5.02 Å². The molecule has 0 aromatic heterocycles. The highest BCUT2D eigenvalue weighted by Gasteiger charge is 2.17. The van der Waals surface area contributed by atoms with Crippen molar-refractivity contribution < 1.29 is 4.74 Å². The minimum absolute atomic E-state index is 0.793. The van der Waals surface area contributed by atoms with Crippen molar-refractivity contribution in [2.45, 2.75) is 6.54 Å². The molecule has 0 saturated carbocycles. The summed E-state index contributed by atoms with van der Waals surface area (Å²) < 4.78 is 5.20. The van der Waals surface area contributed by atoms with Crippen LogP contribution in [0, 0.1) is 0 Å². The molecule has 0 aliphatic carbocycles. The van der Waals surface area contributed by atoms with E-state index in [9.17, 15) is 0 Å². The zero-order valence-electron chi connectivity index (χ0n) is 12.8. The third-order valence-corrected chi connectivity index (χ3v) is 4.38. The van der Waals surface area contributed by atoms with E-state index in [1.807, 2.05) is 24.3 Å². The standard InChI is InChI=1S/C18H21ClN2O/c1-22-18-8-2-15(3-9-18)14-20-10-12-21(13-11-20)17-6-4-16(19)5-7-17/h2-9H,10-14H2,1H3. The van der Waals surface area contributed by atoms with E-state index in [-0.39, 0.29) is 0 Å². The van der Waals surface area contributed by atoms with Gasteiger partial charge in [-0.05, 0) is 42.0 Å². The molecule has 0 bridgehead atoms. The van der Waals surface area contributed by atoms with Gasteiger partial charge in [-0.3, -0.25) is 4.90 Å². The summed E-state index contributed by atoms with van der Waals surface area (Å²) in [6.07, 6.45) is 0. The molecule has 0 atom stereocenters. The average Bonchev–Trinajstić information content (AvgIpc) is 2.57. The van der Waals surface area contributed by atoms with E-state index in [0.717, 1.165) is 43.5 Å². The van der Waals surface area contributed by atoms with Crippen LogP contribution in [0.5, 0.6) is 5.75 Å². The maximum atomic E-state index is 5.95. The molecule has 22 heavy (non-hydrogen) atoms. The highest BCUT2D eigenvalue weighted by Crippen LogP contribution is 2.20. The van der Waals surface area contributed by atoms with Crippen LogP contribution in [-0.4, -0.2) is 38.2 Å². The maximum Gasteiger partial charge on any atom is 0.118 e. The average molecular weight is 317 g/mol. The summed E-state index contributed by atoms with van der Waals surface area (Å²) in [6, 6.07) is 16.5. The van der Waals surface area contributed by atoms with E-state index in [1.54, 1.807) is 7.11 Å². The molecule has 0 spiro atoms. The van der Waals surface area contributed by atoms with Gasteiger partial charge in [0.25, 0.3) is 0 Å². The lowest BCUT2D eigenvalue weighted by atomic mass is 10.2. The number of anilines is 1. The van der Waals surface area contributed by atoms with Crippen molar-refractivity contribution in [3.8, 4) is 5.75 Å². The van der Waals surface area contributed by atoms with Crippen LogP contribution in [0.15, 0.2) is 48.5 Å². The summed E-state index contributed by atoms with van der Waals surface area (Å²) in [4.78, 5) is 4.91. The molecular weight excluding hydrogens is 296 g/mol. The normalized spacial score (nSPS) is 15.8. The molecule has 0 N–H and O–H groups in total. The smallest absolute Gasteiger partial charge is 0.118 e. The highest BCUT2D eigenvalue weighted by atomic mass is 35.5. The van der Waals surface area contributed by atoms with Crippen LogP contribution in [0.3, 0.4) is 0 Å². The lowest BCUT2D eigenvalue weighted by molar-refractivity contribution is 0.250. The van der Waals surface area contributed by atoms with Crippen molar-refractivity contribution in [3.63, 3.8) is 0 Å². The van der Waals surface area contributed by atoms with Crippen molar-refractivity contribution in [2.75, 3.05) is 38.2 Å². The molecule has 1 aliphatic rings. The summed E-state index contributed by atoms with van der Waals surface area (Å²) in [7, 11) is 1.70. The molecule has 116 valence electrons. The Hall–Kier alpha value is -1.71. The third-order valence-electron chi connectivity index (χ3n) is 4.13. The number of nitrogens with zero attached hydrogens (tertiary/aromatic N) is 2. The van der Waals surface area contributed by atoms with Gasteiger partial charge in [-0.25, -0.2) is 0 Å². The molecule has 0 unspecified atom stereocenters. The molecule has 1 aliphatic heterocycles. The summed E-state index contributed by atoms with van der Waals surface area (Å²) in [6.45, 7) is 5.26. The van der Waals surface area contributed by atoms with Gasteiger partial charge in [0.15, 0.2) is 0 Å². The van der Waals surface area contributed by atoms with Crippen molar-refractivity contribution >= 4 is 17.3 Å². The number of ether oxygens (including phenoxy) is 1. The first-order valence-electron chi connectivity index (χ1n) is 7.60. The Kier molecular flexibility index (Phi) is 4.86. The van der Waals surface area contributed by atoms with Crippen LogP contribution < -0.4 is 9.64 Å². The van der Waals surface area contributed by atoms with Crippen molar-refractivity contribution in [1.29, 1.82) is 0 Å². The molecule has 1 saturated heterocycles. The lowest BCUT2D eigenvalue weighted by Gasteiger charge is -2.36. The Morgan fingerprint density at radius 3 is 2.14 bits per heavy atom. The van der Waals surface area contributed by atoms with E-state index >= 15 is 0 Å². The molecule has 3 rings (SSSR count). The van der Waals surface area contributed by atoms with Crippen molar-refractivity contribution in [2.24, 2.45) is 0 Å². The number of methoxy groups -OCH3 is 1. The number of halogens is 1. The molecule has 2 aromatic rings. The van der Waals surface area contributed by atoms with Gasteiger partial charge in [0.2, 0.25) is 0 Å². The SMILES string of the molecule is COc1ccc(CN2CCN(c3ccc(Cl)cc3)CC2)cc1. The van der Waals surface area contributed by atoms with Gasteiger partial charge in [-0.15, -0.1) is 0 Å². The molecule has 0 amide bonds. The monoisotopic (exact) mass is 316 g/mol. The second-order valence-electron chi connectivity index (χ2n) is 5.59.